The van der Waals surface area contributed by atoms with Crippen LogP contribution in [-0.2, 0) is 25.5 Å². The van der Waals surface area contributed by atoms with Crippen LogP contribution < -0.4 is 4.90 Å². The summed E-state index contributed by atoms with van der Waals surface area (Å²) in [7, 11) is 2.49. The van der Waals surface area contributed by atoms with E-state index in [0.717, 1.165) is 23.2 Å². The smallest absolute Gasteiger partial charge is 0.322 e. The zero-order chi connectivity index (χ0) is 18.7. The third-order valence-corrected chi connectivity index (χ3v) is 4.72. The van der Waals surface area contributed by atoms with E-state index in [4.69, 9.17) is 9.47 Å². The summed E-state index contributed by atoms with van der Waals surface area (Å²) < 4.78 is 23.1. The number of carbonyl (C=O) groups is 2. The van der Waals surface area contributed by atoms with E-state index < -0.39 is 23.9 Å². The molecule has 1 atom stereocenters. The van der Waals surface area contributed by atoms with E-state index in [0.29, 0.717) is 6.54 Å². The van der Waals surface area contributed by atoms with Crippen LogP contribution in [0, 0.1) is 11.7 Å². The third kappa shape index (κ3) is 3.27. The molecule has 6 heteroatoms. The van der Waals surface area contributed by atoms with Crippen LogP contribution >= 0.6 is 0 Å². The van der Waals surface area contributed by atoms with E-state index in [9.17, 15) is 14.0 Å². The number of halogens is 1. The Kier molecular flexibility index (Phi) is 5.21. The van der Waals surface area contributed by atoms with E-state index in [-0.39, 0.29) is 5.82 Å². The largest absolute Gasteiger partial charge is 0.468 e. The molecule has 0 aromatic heterocycles. The number of hydrogen-bond donors (Lipinski definition) is 0. The fraction of sp³-hybridized carbons (Fsp3) is 0.300. The van der Waals surface area contributed by atoms with Crippen molar-refractivity contribution in [2.75, 3.05) is 25.7 Å². The quantitative estimate of drug-likeness (QED) is 0.622. The summed E-state index contributed by atoms with van der Waals surface area (Å²) in [6.45, 7) is 0.581. The molecule has 1 aliphatic rings. The van der Waals surface area contributed by atoms with E-state index in [2.05, 4.69) is 0 Å². The lowest BCUT2D eigenvalue weighted by Gasteiger charge is -2.41. The van der Waals surface area contributed by atoms with Gasteiger partial charge in [0.25, 0.3) is 0 Å². The standard InChI is InChI=1S/C20H20FNO4/c1-25-19(23)17(20(24)26-2)18-16-6-4-3-5-13(16)11-12-22(18)15-9-7-14(21)8-10-15/h3-10,17-18H,11-12H2,1-2H3. The molecule has 0 saturated carbocycles. The predicted molar refractivity (Wildman–Crippen MR) is 94.2 cm³/mol. The van der Waals surface area contributed by atoms with Crippen molar-refractivity contribution >= 4 is 17.6 Å². The fourth-order valence-corrected chi connectivity index (χ4v) is 3.49. The van der Waals surface area contributed by atoms with Gasteiger partial charge in [0.15, 0.2) is 5.92 Å². The number of fused-ring (bicyclic) bond motifs is 1. The summed E-state index contributed by atoms with van der Waals surface area (Å²) in [6.07, 6.45) is 0.749. The molecule has 1 unspecified atom stereocenters. The first-order valence-corrected chi connectivity index (χ1v) is 8.32. The summed E-state index contributed by atoms with van der Waals surface area (Å²) in [6, 6.07) is 13.1. The molecule has 0 radical (unpaired) electrons. The number of methoxy groups -OCH3 is 2. The Labute approximate surface area is 151 Å². The predicted octanol–water partition coefficient (Wildman–Crippen LogP) is 2.89. The Balaban J connectivity index is 2.13. The second-order valence-electron chi connectivity index (χ2n) is 6.09. The van der Waals surface area contributed by atoms with Gasteiger partial charge in [-0.1, -0.05) is 24.3 Å². The molecule has 1 heterocycles. The molecule has 1 aliphatic heterocycles. The second-order valence-corrected chi connectivity index (χ2v) is 6.09. The summed E-state index contributed by atoms with van der Waals surface area (Å²) in [4.78, 5) is 26.8. The molecule has 0 aliphatic carbocycles. The maximum absolute atomic E-state index is 13.3. The number of benzene rings is 2. The zero-order valence-corrected chi connectivity index (χ0v) is 14.6. The van der Waals surface area contributed by atoms with E-state index in [1.807, 2.05) is 29.2 Å². The molecule has 0 bridgehead atoms. The van der Waals surface area contributed by atoms with Crippen molar-refractivity contribution in [3.63, 3.8) is 0 Å². The molecule has 26 heavy (non-hydrogen) atoms. The van der Waals surface area contributed by atoms with Gasteiger partial charge in [0.1, 0.15) is 5.82 Å². The van der Waals surface area contributed by atoms with Crippen molar-refractivity contribution in [1.29, 1.82) is 0 Å². The number of rotatable bonds is 4. The molecule has 2 aromatic carbocycles. The van der Waals surface area contributed by atoms with Gasteiger partial charge < -0.3 is 14.4 Å². The van der Waals surface area contributed by atoms with Crippen LogP contribution in [0.4, 0.5) is 10.1 Å². The first-order chi connectivity index (χ1) is 12.6. The average molecular weight is 357 g/mol. The first kappa shape index (κ1) is 17.9. The molecule has 136 valence electrons. The Bertz CT molecular complexity index is 790. The van der Waals surface area contributed by atoms with Gasteiger partial charge in [-0.05, 0) is 41.8 Å². The van der Waals surface area contributed by atoms with E-state index in [1.54, 1.807) is 12.1 Å². The van der Waals surface area contributed by atoms with Crippen LogP contribution in [0.5, 0.6) is 0 Å². The molecular weight excluding hydrogens is 337 g/mol. The molecule has 0 spiro atoms. The van der Waals surface area contributed by atoms with Crippen molar-refractivity contribution < 1.29 is 23.5 Å². The summed E-state index contributed by atoms with van der Waals surface area (Å²) in [5, 5.41) is 0. The lowest BCUT2D eigenvalue weighted by Crippen LogP contribution is -2.45. The SMILES string of the molecule is COC(=O)C(C(=O)OC)C1c2ccccc2CCN1c1ccc(F)cc1. The highest BCUT2D eigenvalue weighted by atomic mass is 19.1. The topological polar surface area (TPSA) is 55.8 Å². The minimum Gasteiger partial charge on any atom is -0.468 e. The van der Waals surface area contributed by atoms with Gasteiger partial charge in [0, 0.05) is 12.2 Å². The van der Waals surface area contributed by atoms with Gasteiger partial charge in [-0.2, -0.15) is 0 Å². The maximum atomic E-state index is 13.3. The van der Waals surface area contributed by atoms with Gasteiger partial charge in [0.2, 0.25) is 0 Å². The second kappa shape index (κ2) is 7.56. The zero-order valence-electron chi connectivity index (χ0n) is 14.6. The lowest BCUT2D eigenvalue weighted by atomic mass is 9.84. The number of anilines is 1. The van der Waals surface area contributed by atoms with Gasteiger partial charge in [-0.15, -0.1) is 0 Å². The number of nitrogens with zero attached hydrogens (tertiary/aromatic N) is 1. The number of ether oxygens (including phenoxy) is 2. The normalized spacial score (nSPS) is 16.2. The Morgan fingerprint density at radius 2 is 1.65 bits per heavy atom. The van der Waals surface area contributed by atoms with Crippen molar-refractivity contribution in [3.05, 3.63) is 65.5 Å². The first-order valence-electron chi connectivity index (χ1n) is 8.32. The molecular formula is C20H20FNO4. The third-order valence-electron chi connectivity index (χ3n) is 4.72. The summed E-state index contributed by atoms with van der Waals surface area (Å²) in [5.41, 5.74) is 2.65. The van der Waals surface area contributed by atoms with Crippen LogP contribution in [-0.4, -0.2) is 32.7 Å². The molecule has 0 N–H and O–H groups in total. The molecule has 3 rings (SSSR count). The number of carbonyl (C=O) groups excluding carboxylic acids is 2. The summed E-state index contributed by atoms with van der Waals surface area (Å²) >= 11 is 0. The van der Waals surface area contributed by atoms with Gasteiger partial charge >= 0.3 is 11.9 Å². The van der Waals surface area contributed by atoms with Gasteiger partial charge in [-0.25, -0.2) is 4.39 Å². The minimum atomic E-state index is -1.14. The van der Waals surface area contributed by atoms with Crippen molar-refractivity contribution in [2.24, 2.45) is 5.92 Å². The van der Waals surface area contributed by atoms with E-state index >= 15 is 0 Å². The van der Waals surface area contributed by atoms with Crippen LogP contribution in [0.15, 0.2) is 48.5 Å². The molecule has 5 nitrogen and oxygen atoms in total. The molecule has 2 aromatic rings. The minimum absolute atomic E-state index is 0.347. The Morgan fingerprint density at radius 3 is 2.27 bits per heavy atom. The van der Waals surface area contributed by atoms with Crippen LogP contribution in [0.3, 0.4) is 0 Å². The Morgan fingerprint density at radius 1 is 1.04 bits per heavy atom. The van der Waals surface area contributed by atoms with E-state index in [1.165, 1.54) is 26.4 Å². The van der Waals surface area contributed by atoms with Gasteiger partial charge in [0.05, 0.1) is 20.3 Å². The summed E-state index contributed by atoms with van der Waals surface area (Å²) in [5.74, 6) is -2.81. The highest BCUT2D eigenvalue weighted by molar-refractivity contribution is 5.96. The lowest BCUT2D eigenvalue weighted by molar-refractivity contribution is -0.160. The number of hydrogen-bond acceptors (Lipinski definition) is 5. The monoisotopic (exact) mass is 357 g/mol. The van der Waals surface area contributed by atoms with Crippen LogP contribution in [0.1, 0.15) is 17.2 Å². The highest BCUT2D eigenvalue weighted by Gasteiger charge is 2.43. The molecule has 0 amide bonds. The van der Waals surface area contributed by atoms with Gasteiger partial charge in [-0.3, -0.25) is 9.59 Å². The van der Waals surface area contributed by atoms with Crippen LogP contribution in [0.2, 0.25) is 0 Å². The van der Waals surface area contributed by atoms with Crippen molar-refractivity contribution in [2.45, 2.75) is 12.5 Å². The molecule has 0 saturated heterocycles. The highest BCUT2D eigenvalue weighted by Crippen LogP contribution is 2.39. The maximum Gasteiger partial charge on any atom is 0.322 e. The van der Waals surface area contributed by atoms with Crippen molar-refractivity contribution in [3.8, 4) is 0 Å². The molecule has 0 fully saturated rings. The van der Waals surface area contributed by atoms with Crippen molar-refractivity contribution in [1.82, 2.24) is 0 Å². The fourth-order valence-electron chi connectivity index (χ4n) is 3.49. The Hall–Kier alpha value is -2.89. The van der Waals surface area contributed by atoms with Crippen LogP contribution in [0.25, 0.3) is 0 Å². The average Bonchev–Trinajstić information content (AvgIpc) is 2.68. The number of esters is 2.